The van der Waals surface area contributed by atoms with Crippen LogP contribution in [0.25, 0.3) is 0 Å². The Balaban J connectivity index is 2.69. The lowest BCUT2D eigenvalue weighted by molar-refractivity contribution is 0.698. The monoisotopic (exact) mass is 128 g/mol. The Morgan fingerprint density at radius 3 is 3.00 bits per heavy atom. The molecule has 0 aliphatic carbocycles. The number of halogens is 1. The quantitative estimate of drug-likeness (QED) is 0.440. The van der Waals surface area contributed by atoms with Crippen LogP contribution < -0.4 is 0 Å². The van der Waals surface area contributed by atoms with Crippen molar-refractivity contribution < 1.29 is 4.39 Å². The Morgan fingerprint density at radius 2 is 2.12 bits per heavy atom. The molecule has 0 radical (unpaired) electrons. The third kappa shape index (κ3) is 1.59. The largest absolute Gasteiger partial charge is 0.207 e. The van der Waals surface area contributed by atoms with Gasteiger partial charge in [0.25, 0.3) is 0 Å². The smallest absolute Gasteiger partial charge is 0.123 e. The summed E-state index contributed by atoms with van der Waals surface area (Å²) in [5, 5.41) is 0. The Bertz CT molecular complexity index is 156. The molecule has 0 bridgehead atoms. The molecule has 1 atom stereocenters. The molecular weight excluding hydrogens is 122 g/mol. The lowest BCUT2D eigenvalue weighted by Crippen LogP contribution is -1.49. The van der Waals surface area contributed by atoms with E-state index in [1.807, 2.05) is 18.0 Å². The predicted molar refractivity (Wildman–Crippen MR) is 35.8 cm³/mol. The van der Waals surface area contributed by atoms with Crippen molar-refractivity contribution in [1.29, 1.82) is 0 Å². The fraction of sp³-hybridized carbons (Fsp3) is 0. The maximum atomic E-state index is 12.2. The van der Waals surface area contributed by atoms with E-state index in [1.165, 1.54) is 6.08 Å². The fourth-order valence-electron chi connectivity index (χ4n) is 0.436. The van der Waals surface area contributed by atoms with Gasteiger partial charge >= 0.3 is 0 Å². The molecule has 0 aromatic heterocycles. The third-order valence-corrected chi connectivity index (χ3v) is 1.58. The van der Waals surface area contributed by atoms with Gasteiger partial charge in [0, 0.05) is 0 Å². The van der Waals surface area contributed by atoms with Crippen LogP contribution in [-0.2, 0) is 0 Å². The van der Waals surface area contributed by atoms with E-state index < -0.39 is 0 Å². The molecule has 1 unspecified atom stereocenters. The van der Waals surface area contributed by atoms with Crippen LogP contribution in [0.5, 0.6) is 0 Å². The summed E-state index contributed by atoms with van der Waals surface area (Å²) in [5.74, 6) is 1.81. The first-order valence-corrected chi connectivity index (χ1v) is 3.43. The van der Waals surface area contributed by atoms with Gasteiger partial charge in [-0.3, -0.25) is 0 Å². The standard InChI is InChI=1S/C6H6FP/c7-6-4-2-1-3-5-8-6/h1-5,8H. The summed E-state index contributed by atoms with van der Waals surface area (Å²) in [5.41, 5.74) is -0.0463. The zero-order valence-corrected chi connectivity index (χ0v) is 5.26. The van der Waals surface area contributed by atoms with Crippen molar-refractivity contribution in [3.05, 3.63) is 35.7 Å². The lowest BCUT2D eigenvalue weighted by atomic mass is 10.5. The molecule has 0 aromatic rings. The summed E-state index contributed by atoms with van der Waals surface area (Å²) in [4.78, 5) is 0. The molecule has 0 saturated carbocycles. The van der Waals surface area contributed by atoms with E-state index in [9.17, 15) is 4.39 Å². The average molecular weight is 128 g/mol. The molecule has 0 saturated heterocycles. The maximum Gasteiger partial charge on any atom is 0.123 e. The van der Waals surface area contributed by atoms with E-state index in [-0.39, 0.29) is 14.1 Å². The van der Waals surface area contributed by atoms with E-state index in [0.717, 1.165) is 0 Å². The Labute approximate surface area is 49.6 Å². The van der Waals surface area contributed by atoms with Crippen molar-refractivity contribution in [3.63, 3.8) is 0 Å². The second-order valence-corrected chi connectivity index (χ2v) is 2.50. The lowest BCUT2D eigenvalue weighted by Gasteiger charge is -1.81. The van der Waals surface area contributed by atoms with Gasteiger partial charge in [-0.25, -0.2) is 4.39 Å². The van der Waals surface area contributed by atoms with Crippen molar-refractivity contribution in [1.82, 2.24) is 0 Å². The van der Waals surface area contributed by atoms with E-state index in [2.05, 4.69) is 0 Å². The first kappa shape index (κ1) is 5.71. The Hall–Kier alpha value is -0.420. The molecule has 1 aliphatic heterocycles. The molecule has 0 spiro atoms. The van der Waals surface area contributed by atoms with Gasteiger partial charge in [-0.1, -0.05) is 24.0 Å². The molecule has 1 aliphatic rings. The van der Waals surface area contributed by atoms with E-state index >= 15 is 0 Å². The van der Waals surface area contributed by atoms with Gasteiger partial charge in [-0.05, 0) is 14.7 Å². The SMILES string of the molecule is FC1=CC=CC=CP1. The number of hydrogen-bond donors (Lipinski definition) is 0. The second-order valence-electron chi connectivity index (χ2n) is 1.40. The average Bonchev–Trinajstić information content (AvgIpc) is 1.94. The third-order valence-electron chi connectivity index (χ3n) is 0.782. The molecule has 2 heteroatoms. The second kappa shape index (κ2) is 2.78. The van der Waals surface area contributed by atoms with Crippen LogP contribution in [0.1, 0.15) is 0 Å². The molecule has 0 aromatic carbocycles. The van der Waals surface area contributed by atoms with Crippen LogP contribution in [0.4, 0.5) is 4.39 Å². The fourth-order valence-corrected chi connectivity index (χ4v) is 0.995. The van der Waals surface area contributed by atoms with Gasteiger partial charge < -0.3 is 0 Å². The van der Waals surface area contributed by atoms with Crippen LogP contribution in [-0.4, -0.2) is 0 Å². The summed E-state index contributed by atoms with van der Waals surface area (Å²) < 4.78 is 12.2. The zero-order valence-electron chi connectivity index (χ0n) is 4.26. The number of allylic oxidation sites excluding steroid dienone is 4. The molecule has 0 N–H and O–H groups in total. The molecule has 1 heterocycles. The predicted octanol–water partition coefficient (Wildman–Crippen LogP) is 2.56. The Kier molecular flexibility index (Phi) is 1.99. The van der Waals surface area contributed by atoms with Crippen molar-refractivity contribution in [2.45, 2.75) is 0 Å². The Morgan fingerprint density at radius 1 is 1.25 bits per heavy atom. The number of hydrogen-bond acceptors (Lipinski definition) is 0. The zero-order chi connectivity index (χ0) is 5.82. The van der Waals surface area contributed by atoms with Gasteiger partial charge in [0.05, 0.1) is 0 Å². The van der Waals surface area contributed by atoms with Crippen molar-refractivity contribution in [2.24, 2.45) is 0 Å². The molecular formula is C6H6FP. The van der Waals surface area contributed by atoms with Crippen molar-refractivity contribution in [2.75, 3.05) is 0 Å². The van der Waals surface area contributed by atoms with E-state index in [4.69, 9.17) is 0 Å². The van der Waals surface area contributed by atoms with Crippen molar-refractivity contribution in [3.8, 4) is 0 Å². The minimum atomic E-state index is -0.0463. The molecule has 0 fully saturated rings. The normalized spacial score (nSPS) is 20.9. The minimum Gasteiger partial charge on any atom is -0.207 e. The topological polar surface area (TPSA) is 0 Å². The molecule has 42 valence electrons. The van der Waals surface area contributed by atoms with Crippen molar-refractivity contribution >= 4 is 8.58 Å². The van der Waals surface area contributed by atoms with Crippen LogP contribution >= 0.6 is 8.58 Å². The summed E-state index contributed by atoms with van der Waals surface area (Å²) in [6, 6.07) is 0. The maximum absolute atomic E-state index is 12.2. The van der Waals surface area contributed by atoms with Crippen LogP contribution in [0.3, 0.4) is 0 Å². The highest BCUT2D eigenvalue weighted by atomic mass is 31.1. The summed E-state index contributed by atoms with van der Waals surface area (Å²) >= 11 is 0. The van der Waals surface area contributed by atoms with Gasteiger partial charge in [-0.15, -0.1) is 0 Å². The number of rotatable bonds is 0. The van der Waals surface area contributed by atoms with Gasteiger partial charge in [0.15, 0.2) is 0 Å². The summed E-state index contributed by atoms with van der Waals surface area (Å²) in [6.07, 6.45) is 6.85. The molecule has 1 rings (SSSR count). The summed E-state index contributed by atoms with van der Waals surface area (Å²) in [6.45, 7) is 0. The van der Waals surface area contributed by atoms with Gasteiger partial charge in [-0.2, -0.15) is 0 Å². The summed E-state index contributed by atoms with van der Waals surface area (Å²) in [7, 11) is 0.220. The molecule has 0 nitrogen and oxygen atoms in total. The molecule has 0 amide bonds. The molecule has 8 heavy (non-hydrogen) atoms. The first-order valence-electron chi connectivity index (χ1n) is 2.35. The van der Waals surface area contributed by atoms with Crippen LogP contribution in [0, 0.1) is 0 Å². The van der Waals surface area contributed by atoms with Gasteiger partial charge in [0.2, 0.25) is 0 Å². The highest BCUT2D eigenvalue weighted by Gasteiger charge is 1.87. The van der Waals surface area contributed by atoms with Crippen LogP contribution in [0.2, 0.25) is 0 Å². The van der Waals surface area contributed by atoms with Gasteiger partial charge in [0.1, 0.15) is 5.57 Å². The first-order chi connectivity index (χ1) is 3.89. The minimum absolute atomic E-state index is 0.0463. The van der Waals surface area contributed by atoms with E-state index in [1.54, 1.807) is 6.08 Å². The van der Waals surface area contributed by atoms with Crippen LogP contribution in [0.15, 0.2) is 35.7 Å². The van der Waals surface area contributed by atoms with E-state index in [0.29, 0.717) is 0 Å². The highest BCUT2D eigenvalue weighted by molar-refractivity contribution is 7.46. The highest BCUT2D eigenvalue weighted by Crippen LogP contribution is 2.27.